The smallest absolute Gasteiger partial charge is 0.161 e. The Morgan fingerprint density at radius 2 is 1.00 bits per heavy atom. The van der Waals surface area contributed by atoms with Crippen molar-refractivity contribution >= 4 is 0 Å². The molecule has 3 rings (SSSR count). The van der Waals surface area contributed by atoms with Gasteiger partial charge >= 0.3 is 0 Å². The van der Waals surface area contributed by atoms with E-state index in [0.29, 0.717) is 23.0 Å². The van der Waals surface area contributed by atoms with Crippen LogP contribution in [0.2, 0.25) is 0 Å². The molecule has 4 heteroatoms. The summed E-state index contributed by atoms with van der Waals surface area (Å²) in [5.74, 6) is 15.4. The maximum absolute atomic E-state index is 5.33. The molecule has 3 aromatic carbocycles. The van der Waals surface area contributed by atoms with Crippen molar-refractivity contribution in [1.29, 1.82) is 0 Å². The summed E-state index contributed by atoms with van der Waals surface area (Å²) >= 11 is 0. The fourth-order valence-electron chi connectivity index (χ4n) is 2.76. The van der Waals surface area contributed by atoms with E-state index in [1.54, 1.807) is 28.4 Å². The molecule has 0 saturated carbocycles. The average molecular weight is 398 g/mol. The first-order valence-electron chi connectivity index (χ1n) is 9.24. The van der Waals surface area contributed by atoms with Gasteiger partial charge in [-0.3, -0.25) is 0 Å². The van der Waals surface area contributed by atoms with Gasteiger partial charge in [-0.2, -0.15) is 0 Å². The highest BCUT2D eigenvalue weighted by molar-refractivity contribution is 5.53. The molecule has 0 amide bonds. The number of hydrogen-bond donors (Lipinski definition) is 0. The normalized spacial score (nSPS) is 9.47. The van der Waals surface area contributed by atoms with Gasteiger partial charge in [0.15, 0.2) is 11.5 Å². The molecule has 0 aliphatic rings. The van der Waals surface area contributed by atoms with Crippen LogP contribution in [0.4, 0.5) is 0 Å². The lowest BCUT2D eigenvalue weighted by molar-refractivity contribution is 0.355. The van der Waals surface area contributed by atoms with E-state index in [1.165, 1.54) is 0 Å². The second-order valence-corrected chi connectivity index (χ2v) is 6.25. The first kappa shape index (κ1) is 20.7. The highest BCUT2D eigenvalue weighted by atomic mass is 16.5. The predicted octanol–water partition coefficient (Wildman–Crippen LogP) is 4.52. The minimum Gasteiger partial charge on any atom is -0.497 e. The van der Waals surface area contributed by atoms with Gasteiger partial charge < -0.3 is 18.9 Å². The van der Waals surface area contributed by atoms with Crippen LogP contribution in [0.25, 0.3) is 0 Å². The van der Waals surface area contributed by atoms with Gasteiger partial charge in [0.05, 0.1) is 28.4 Å². The van der Waals surface area contributed by atoms with Gasteiger partial charge in [-0.05, 0) is 48.5 Å². The summed E-state index contributed by atoms with van der Waals surface area (Å²) in [6, 6.07) is 18.9. The Balaban J connectivity index is 1.84. The Bertz CT molecular complexity index is 1130. The van der Waals surface area contributed by atoms with E-state index in [2.05, 4.69) is 23.7 Å². The monoisotopic (exact) mass is 398 g/mol. The standard InChI is InChI=1S/C26H22O4/c1-27-23-15-22(16-24(18-23)28-2)11-10-20-7-5-6-19(14-20)8-9-21-12-13-25(29-3)26(17-21)30-4/h5-7,12-18H,1-4H3. The summed E-state index contributed by atoms with van der Waals surface area (Å²) < 4.78 is 21.2. The number of rotatable bonds is 4. The lowest BCUT2D eigenvalue weighted by atomic mass is 10.1. The van der Waals surface area contributed by atoms with Crippen LogP contribution in [-0.2, 0) is 0 Å². The van der Waals surface area contributed by atoms with Crippen LogP contribution in [0, 0.1) is 23.7 Å². The fourth-order valence-corrected chi connectivity index (χ4v) is 2.76. The molecule has 0 radical (unpaired) electrons. The Morgan fingerprint density at radius 1 is 0.467 bits per heavy atom. The molecule has 0 saturated heterocycles. The number of ether oxygens (including phenoxy) is 4. The second-order valence-electron chi connectivity index (χ2n) is 6.25. The summed E-state index contributed by atoms with van der Waals surface area (Å²) in [4.78, 5) is 0. The maximum Gasteiger partial charge on any atom is 0.161 e. The topological polar surface area (TPSA) is 36.9 Å². The number of benzene rings is 3. The molecule has 0 fully saturated rings. The lowest BCUT2D eigenvalue weighted by Gasteiger charge is -2.06. The Morgan fingerprint density at radius 3 is 1.53 bits per heavy atom. The van der Waals surface area contributed by atoms with Crippen molar-refractivity contribution in [2.75, 3.05) is 28.4 Å². The predicted molar refractivity (Wildman–Crippen MR) is 117 cm³/mol. The molecular formula is C26H22O4. The molecule has 0 heterocycles. The highest BCUT2D eigenvalue weighted by Gasteiger charge is 2.03. The fraction of sp³-hybridized carbons (Fsp3) is 0.154. The maximum atomic E-state index is 5.33. The van der Waals surface area contributed by atoms with Crippen molar-refractivity contribution < 1.29 is 18.9 Å². The van der Waals surface area contributed by atoms with Crippen LogP contribution >= 0.6 is 0 Å². The van der Waals surface area contributed by atoms with Crippen molar-refractivity contribution in [1.82, 2.24) is 0 Å². The molecule has 0 bridgehead atoms. The number of methoxy groups -OCH3 is 4. The van der Waals surface area contributed by atoms with Gasteiger partial charge in [-0.1, -0.05) is 29.7 Å². The minimum atomic E-state index is 0.651. The zero-order chi connectivity index (χ0) is 21.3. The van der Waals surface area contributed by atoms with E-state index < -0.39 is 0 Å². The van der Waals surface area contributed by atoms with E-state index in [9.17, 15) is 0 Å². The molecule has 0 N–H and O–H groups in total. The van der Waals surface area contributed by atoms with Crippen LogP contribution in [0.3, 0.4) is 0 Å². The molecule has 0 atom stereocenters. The first-order valence-corrected chi connectivity index (χ1v) is 9.24. The van der Waals surface area contributed by atoms with Gasteiger partial charge in [0.2, 0.25) is 0 Å². The van der Waals surface area contributed by atoms with Gasteiger partial charge in [-0.15, -0.1) is 0 Å². The molecule has 30 heavy (non-hydrogen) atoms. The van der Waals surface area contributed by atoms with E-state index in [0.717, 1.165) is 22.3 Å². The molecule has 150 valence electrons. The number of hydrogen-bond acceptors (Lipinski definition) is 4. The Labute approximate surface area is 177 Å². The van der Waals surface area contributed by atoms with E-state index >= 15 is 0 Å². The largest absolute Gasteiger partial charge is 0.497 e. The molecule has 3 aromatic rings. The van der Waals surface area contributed by atoms with Crippen LogP contribution < -0.4 is 18.9 Å². The van der Waals surface area contributed by atoms with Crippen molar-refractivity contribution in [2.24, 2.45) is 0 Å². The summed E-state index contributed by atoms with van der Waals surface area (Å²) in [5.41, 5.74) is 3.40. The van der Waals surface area contributed by atoms with E-state index in [1.807, 2.05) is 60.7 Å². The summed E-state index contributed by atoms with van der Waals surface area (Å²) in [5, 5.41) is 0. The van der Waals surface area contributed by atoms with E-state index in [4.69, 9.17) is 18.9 Å². The van der Waals surface area contributed by atoms with Crippen LogP contribution in [-0.4, -0.2) is 28.4 Å². The summed E-state index contributed by atoms with van der Waals surface area (Å²) in [6.07, 6.45) is 0. The lowest BCUT2D eigenvalue weighted by Crippen LogP contribution is -1.90. The van der Waals surface area contributed by atoms with Gasteiger partial charge in [0, 0.05) is 28.3 Å². The van der Waals surface area contributed by atoms with E-state index in [-0.39, 0.29) is 0 Å². The zero-order valence-corrected chi connectivity index (χ0v) is 17.4. The Kier molecular flexibility index (Phi) is 6.87. The summed E-state index contributed by atoms with van der Waals surface area (Å²) in [7, 11) is 6.45. The highest BCUT2D eigenvalue weighted by Crippen LogP contribution is 2.27. The first-order chi connectivity index (χ1) is 14.6. The molecular weight excluding hydrogens is 376 g/mol. The van der Waals surface area contributed by atoms with Crippen LogP contribution in [0.15, 0.2) is 60.7 Å². The van der Waals surface area contributed by atoms with Crippen molar-refractivity contribution in [3.05, 3.63) is 82.9 Å². The molecule has 0 aromatic heterocycles. The van der Waals surface area contributed by atoms with Crippen LogP contribution in [0.1, 0.15) is 22.3 Å². The quantitative estimate of drug-likeness (QED) is 0.606. The van der Waals surface area contributed by atoms with Crippen molar-refractivity contribution in [2.45, 2.75) is 0 Å². The zero-order valence-electron chi connectivity index (χ0n) is 17.4. The Hall–Kier alpha value is -4.02. The van der Waals surface area contributed by atoms with Crippen molar-refractivity contribution in [3.63, 3.8) is 0 Å². The van der Waals surface area contributed by atoms with Gasteiger partial charge in [0.25, 0.3) is 0 Å². The molecule has 0 aliphatic heterocycles. The molecule has 0 unspecified atom stereocenters. The second kappa shape index (κ2) is 9.96. The molecule has 4 nitrogen and oxygen atoms in total. The van der Waals surface area contributed by atoms with Crippen LogP contribution in [0.5, 0.6) is 23.0 Å². The third kappa shape index (κ3) is 5.28. The molecule has 0 aliphatic carbocycles. The minimum absolute atomic E-state index is 0.651. The van der Waals surface area contributed by atoms with Gasteiger partial charge in [0.1, 0.15) is 11.5 Å². The summed E-state index contributed by atoms with van der Waals surface area (Å²) in [6.45, 7) is 0. The third-order valence-corrected chi connectivity index (χ3v) is 4.30. The van der Waals surface area contributed by atoms with Gasteiger partial charge in [-0.25, -0.2) is 0 Å². The SMILES string of the molecule is COc1cc(C#Cc2cccc(C#Cc3ccc(OC)c(OC)c3)c2)cc(OC)c1. The molecule has 0 spiro atoms. The average Bonchev–Trinajstić information content (AvgIpc) is 2.81. The van der Waals surface area contributed by atoms with Crippen molar-refractivity contribution in [3.8, 4) is 46.7 Å². The third-order valence-electron chi connectivity index (χ3n) is 4.30.